The van der Waals surface area contributed by atoms with Gasteiger partial charge in [0.25, 0.3) is 0 Å². The highest BCUT2D eigenvalue weighted by atomic mass is 19.4. The highest BCUT2D eigenvalue weighted by Gasteiger charge is 2.29. The van der Waals surface area contributed by atoms with Crippen LogP contribution in [0.2, 0.25) is 0 Å². The van der Waals surface area contributed by atoms with Crippen LogP contribution in [0.3, 0.4) is 0 Å². The summed E-state index contributed by atoms with van der Waals surface area (Å²) in [5.41, 5.74) is 3.88. The molecule has 3 rings (SSSR count). The number of hydrogen-bond acceptors (Lipinski definition) is 1. The number of anilines is 1. The van der Waals surface area contributed by atoms with Gasteiger partial charge < -0.3 is 4.90 Å². The van der Waals surface area contributed by atoms with E-state index in [1.165, 1.54) is 30.5 Å². The lowest BCUT2D eigenvalue weighted by molar-refractivity contribution is -0.127. The van der Waals surface area contributed by atoms with Crippen molar-refractivity contribution in [1.29, 1.82) is 0 Å². The van der Waals surface area contributed by atoms with Crippen LogP contribution in [0.1, 0.15) is 31.7 Å². The normalized spacial score (nSPS) is 19.5. The molecule has 1 saturated carbocycles. The van der Waals surface area contributed by atoms with Crippen molar-refractivity contribution < 1.29 is 13.2 Å². The summed E-state index contributed by atoms with van der Waals surface area (Å²) in [5.74, 6) is 0.596. The van der Waals surface area contributed by atoms with Crippen LogP contribution >= 0.6 is 0 Å². The Kier molecular flexibility index (Phi) is 4.02. The number of allylic oxidation sites excluding steroid dienone is 3. The molecule has 1 fully saturated rings. The van der Waals surface area contributed by atoms with Gasteiger partial charge in [0.15, 0.2) is 0 Å². The van der Waals surface area contributed by atoms with E-state index in [1.807, 2.05) is 12.1 Å². The number of rotatable bonds is 3. The first-order valence-electron chi connectivity index (χ1n) is 7.74. The Bertz CT molecular complexity index is 592. The fourth-order valence-corrected chi connectivity index (χ4v) is 3.03. The molecule has 0 bridgehead atoms. The summed E-state index contributed by atoms with van der Waals surface area (Å²) in [7, 11) is 0. The Morgan fingerprint density at radius 3 is 2.36 bits per heavy atom. The van der Waals surface area contributed by atoms with E-state index >= 15 is 0 Å². The maximum absolute atomic E-state index is 12.4. The van der Waals surface area contributed by atoms with Crippen molar-refractivity contribution in [2.24, 2.45) is 5.92 Å². The maximum Gasteiger partial charge on any atom is 0.393 e. The minimum atomic E-state index is -4.15. The van der Waals surface area contributed by atoms with E-state index in [1.54, 1.807) is 12.1 Å². The molecule has 4 heteroatoms. The van der Waals surface area contributed by atoms with Crippen molar-refractivity contribution in [3.05, 3.63) is 53.3 Å². The van der Waals surface area contributed by atoms with Gasteiger partial charge in [-0.25, -0.2) is 0 Å². The van der Waals surface area contributed by atoms with Gasteiger partial charge in [0.05, 0.1) is 6.42 Å². The molecule has 0 spiro atoms. The molecule has 118 valence electrons. The molecule has 0 unspecified atom stereocenters. The number of alkyl halides is 3. The number of halogens is 3. The molecule has 0 radical (unpaired) electrons. The molecule has 1 aliphatic heterocycles. The van der Waals surface area contributed by atoms with Crippen molar-refractivity contribution in [2.45, 2.75) is 38.8 Å². The third-order valence-corrected chi connectivity index (χ3v) is 4.46. The Morgan fingerprint density at radius 2 is 1.82 bits per heavy atom. The summed E-state index contributed by atoms with van der Waals surface area (Å²) in [4.78, 5) is 2.23. The van der Waals surface area contributed by atoms with Crippen molar-refractivity contribution in [1.82, 2.24) is 0 Å². The van der Waals surface area contributed by atoms with E-state index in [4.69, 9.17) is 0 Å². The fourth-order valence-electron chi connectivity index (χ4n) is 3.03. The van der Waals surface area contributed by atoms with Crippen LogP contribution in [-0.4, -0.2) is 12.7 Å². The average Bonchev–Trinajstić information content (AvgIpc) is 2.36. The van der Waals surface area contributed by atoms with E-state index in [0.29, 0.717) is 11.5 Å². The van der Waals surface area contributed by atoms with Crippen LogP contribution in [0.15, 0.2) is 47.7 Å². The first kappa shape index (κ1) is 15.2. The minimum Gasteiger partial charge on any atom is -0.341 e. The van der Waals surface area contributed by atoms with Crippen molar-refractivity contribution >= 4 is 5.69 Å². The quantitative estimate of drug-likeness (QED) is 0.738. The van der Waals surface area contributed by atoms with Crippen LogP contribution in [0.25, 0.3) is 0 Å². The maximum atomic E-state index is 12.4. The third kappa shape index (κ3) is 3.37. The van der Waals surface area contributed by atoms with Gasteiger partial charge in [-0.1, -0.05) is 30.2 Å². The molecule has 0 saturated heterocycles. The molecule has 1 aromatic rings. The molecule has 1 nitrogen and oxygen atoms in total. The smallest absolute Gasteiger partial charge is 0.341 e. The van der Waals surface area contributed by atoms with E-state index in [2.05, 4.69) is 24.0 Å². The zero-order chi connectivity index (χ0) is 15.7. The van der Waals surface area contributed by atoms with Crippen molar-refractivity contribution in [3.8, 4) is 0 Å². The highest BCUT2D eigenvalue weighted by molar-refractivity contribution is 5.57. The molecular formula is C18H20F3N. The van der Waals surface area contributed by atoms with Crippen molar-refractivity contribution in [2.75, 3.05) is 11.4 Å². The second kappa shape index (κ2) is 5.82. The summed E-state index contributed by atoms with van der Waals surface area (Å²) in [5, 5.41) is 0. The Balaban J connectivity index is 1.79. The fraction of sp³-hybridized carbons (Fsp3) is 0.444. The van der Waals surface area contributed by atoms with Crippen LogP contribution in [-0.2, 0) is 6.42 Å². The van der Waals surface area contributed by atoms with Gasteiger partial charge in [0.2, 0.25) is 0 Å². The van der Waals surface area contributed by atoms with Gasteiger partial charge in [-0.3, -0.25) is 0 Å². The van der Waals surface area contributed by atoms with Gasteiger partial charge in [0, 0.05) is 17.9 Å². The molecule has 0 aromatic heterocycles. The minimum absolute atomic E-state index is 0.314. The molecule has 1 heterocycles. The van der Waals surface area contributed by atoms with E-state index in [0.717, 1.165) is 12.2 Å². The van der Waals surface area contributed by atoms with Crippen LogP contribution in [0.5, 0.6) is 0 Å². The average molecular weight is 307 g/mol. The number of hydrogen-bond donors (Lipinski definition) is 0. The van der Waals surface area contributed by atoms with Gasteiger partial charge >= 0.3 is 6.18 Å². The lowest BCUT2D eigenvalue weighted by Gasteiger charge is -2.38. The van der Waals surface area contributed by atoms with Gasteiger partial charge in [-0.15, -0.1) is 0 Å². The molecule has 0 amide bonds. The Morgan fingerprint density at radius 1 is 1.14 bits per heavy atom. The van der Waals surface area contributed by atoms with Crippen LogP contribution in [0.4, 0.5) is 18.9 Å². The molecule has 0 atom stereocenters. The lowest BCUT2D eigenvalue weighted by atomic mass is 9.81. The predicted molar refractivity (Wildman–Crippen MR) is 82.7 cm³/mol. The molecule has 1 aliphatic carbocycles. The van der Waals surface area contributed by atoms with E-state index in [9.17, 15) is 13.2 Å². The molecule has 2 aliphatic rings. The lowest BCUT2D eigenvalue weighted by Crippen LogP contribution is -2.32. The summed E-state index contributed by atoms with van der Waals surface area (Å²) in [6, 6.07) is 6.79. The summed E-state index contributed by atoms with van der Waals surface area (Å²) in [6.07, 6.45) is 3.05. The van der Waals surface area contributed by atoms with Crippen molar-refractivity contribution in [3.63, 3.8) is 0 Å². The van der Waals surface area contributed by atoms with E-state index in [-0.39, 0.29) is 0 Å². The zero-order valence-electron chi connectivity index (χ0n) is 12.7. The molecular weight excluding hydrogens is 287 g/mol. The third-order valence-electron chi connectivity index (χ3n) is 4.46. The van der Waals surface area contributed by atoms with Gasteiger partial charge in [-0.2, -0.15) is 13.2 Å². The number of benzene rings is 1. The van der Waals surface area contributed by atoms with Gasteiger partial charge in [-0.05, 0) is 49.5 Å². The summed E-state index contributed by atoms with van der Waals surface area (Å²) >= 11 is 0. The Labute approximate surface area is 129 Å². The van der Waals surface area contributed by atoms with Gasteiger partial charge in [0.1, 0.15) is 0 Å². The first-order valence-corrected chi connectivity index (χ1v) is 7.74. The monoisotopic (exact) mass is 307 g/mol. The molecule has 0 N–H and O–H groups in total. The topological polar surface area (TPSA) is 3.24 Å². The van der Waals surface area contributed by atoms with Crippen LogP contribution in [0, 0.1) is 5.92 Å². The summed E-state index contributed by atoms with van der Waals surface area (Å²) < 4.78 is 37.3. The standard InChI is InChI=1S/C18H20F3N/c1-13-9-10-22(17(11-13)15-3-2-4-15)16-7-5-14(6-8-16)12-18(19,20)21/h5-9,11,15H,2-4,10,12H2,1H3. The second-order valence-electron chi connectivity index (χ2n) is 6.21. The predicted octanol–water partition coefficient (Wildman–Crippen LogP) is 5.24. The first-order chi connectivity index (χ1) is 10.4. The highest BCUT2D eigenvalue weighted by Crippen LogP contribution is 2.39. The Hall–Kier alpha value is -1.71. The summed E-state index contributed by atoms with van der Waals surface area (Å²) in [6.45, 7) is 2.90. The molecule has 1 aromatic carbocycles. The SMILES string of the molecule is CC1=CCN(c2ccc(CC(F)(F)F)cc2)C(C2CCC2)=C1. The zero-order valence-corrected chi connectivity index (χ0v) is 12.7. The number of nitrogens with zero attached hydrogens (tertiary/aromatic N) is 1. The second-order valence-corrected chi connectivity index (χ2v) is 6.21. The molecule has 22 heavy (non-hydrogen) atoms. The van der Waals surface area contributed by atoms with Crippen LogP contribution < -0.4 is 4.90 Å². The largest absolute Gasteiger partial charge is 0.393 e. The van der Waals surface area contributed by atoms with E-state index < -0.39 is 12.6 Å².